The molecule has 0 aliphatic carbocycles. The van der Waals surface area contributed by atoms with Crippen LogP contribution in [0.1, 0.15) is 0 Å². The van der Waals surface area contributed by atoms with E-state index in [-0.39, 0.29) is 18.2 Å². The molecule has 2 aromatic heterocycles. The molecule has 0 spiro atoms. The Bertz CT molecular complexity index is 713. The summed E-state index contributed by atoms with van der Waals surface area (Å²) in [4.78, 5) is 10.9. The Morgan fingerprint density at radius 3 is 2.95 bits per heavy atom. The number of carbonyl (C=O) groups is 1. The Labute approximate surface area is 121 Å². The fourth-order valence-electron chi connectivity index (χ4n) is 1.59. The molecule has 2 N–H and O–H groups in total. The molecule has 0 bridgehead atoms. The van der Waals surface area contributed by atoms with Gasteiger partial charge >= 0.3 is 0 Å². The first-order chi connectivity index (χ1) is 9.50. The largest absolute Gasteiger partial charge is 0.354 e. The minimum absolute atomic E-state index is 0.00974. The highest BCUT2D eigenvalue weighted by Crippen LogP contribution is 2.12. The Balaban J connectivity index is 1.98. The van der Waals surface area contributed by atoms with Crippen LogP contribution in [0.3, 0.4) is 0 Å². The average Bonchev–Trinajstić information content (AvgIpc) is 2.85. The van der Waals surface area contributed by atoms with Crippen molar-refractivity contribution in [1.82, 2.24) is 14.9 Å². The lowest BCUT2D eigenvalue weighted by atomic mass is 10.4. The molecule has 0 unspecified atom stereocenters. The third kappa shape index (κ3) is 3.84. The van der Waals surface area contributed by atoms with Gasteiger partial charge in [0.05, 0.1) is 17.0 Å². The van der Waals surface area contributed by atoms with Gasteiger partial charge in [0.25, 0.3) is 0 Å². The molecule has 108 valence electrons. The van der Waals surface area contributed by atoms with Crippen molar-refractivity contribution < 1.29 is 13.2 Å². The summed E-state index contributed by atoms with van der Waals surface area (Å²) in [6, 6.07) is 5.04. The normalized spacial score (nSPS) is 11.4. The van der Waals surface area contributed by atoms with Crippen molar-refractivity contribution in [3.05, 3.63) is 30.6 Å². The van der Waals surface area contributed by atoms with Crippen LogP contribution in [0.5, 0.6) is 0 Å². The lowest BCUT2D eigenvalue weighted by molar-refractivity contribution is -0.118. The summed E-state index contributed by atoms with van der Waals surface area (Å²) in [5, 5.41) is 6.41. The fraction of sp³-hybridized carbons (Fsp3) is 0.273. The number of hydrogen-bond donors (Lipinski definition) is 2. The Morgan fingerprint density at radius 1 is 1.40 bits per heavy atom. The first-order valence-corrected chi connectivity index (χ1v) is 7.95. The van der Waals surface area contributed by atoms with E-state index in [9.17, 15) is 13.2 Å². The smallest absolute Gasteiger partial charge is 0.234 e. The van der Waals surface area contributed by atoms with Gasteiger partial charge in [0.2, 0.25) is 15.9 Å². The minimum Gasteiger partial charge on any atom is -0.354 e. The number of carbonyl (C=O) groups excluding carboxylic acids is 1. The lowest BCUT2D eigenvalue weighted by Gasteiger charge is -2.08. The number of sulfonamides is 1. The topological polar surface area (TPSA) is 92.6 Å². The number of anilines is 1. The zero-order valence-corrected chi connectivity index (χ0v) is 12.0. The molecule has 1 amide bonds. The zero-order valence-electron chi connectivity index (χ0n) is 10.4. The number of fused-ring (bicyclic) bond motifs is 1. The van der Waals surface area contributed by atoms with Gasteiger partial charge in [0, 0.05) is 18.9 Å². The molecule has 0 aliphatic rings. The van der Waals surface area contributed by atoms with Gasteiger partial charge in [-0.05, 0) is 18.2 Å². The average molecular weight is 317 g/mol. The molecule has 2 aromatic rings. The van der Waals surface area contributed by atoms with Crippen LogP contribution in [-0.2, 0) is 14.8 Å². The van der Waals surface area contributed by atoms with Gasteiger partial charge in [-0.2, -0.15) is 5.10 Å². The van der Waals surface area contributed by atoms with Crippen LogP contribution in [-0.4, -0.2) is 42.1 Å². The molecule has 20 heavy (non-hydrogen) atoms. The summed E-state index contributed by atoms with van der Waals surface area (Å²) in [5.41, 5.74) is 1.22. The maximum Gasteiger partial charge on any atom is 0.234 e. The molecule has 0 saturated carbocycles. The molecular weight excluding hydrogens is 304 g/mol. The Kier molecular flexibility index (Phi) is 4.46. The van der Waals surface area contributed by atoms with E-state index in [1.807, 2.05) is 0 Å². The second-order valence-corrected chi connectivity index (χ2v) is 6.13. The van der Waals surface area contributed by atoms with Gasteiger partial charge in [-0.25, -0.2) is 12.9 Å². The molecule has 0 saturated heterocycles. The highest BCUT2D eigenvalue weighted by molar-refractivity contribution is 7.92. The number of nitrogens with one attached hydrogen (secondary N) is 2. The van der Waals surface area contributed by atoms with Crippen LogP contribution in [0, 0.1) is 0 Å². The third-order valence-corrected chi connectivity index (χ3v) is 4.02. The fourth-order valence-corrected chi connectivity index (χ4v) is 2.64. The summed E-state index contributed by atoms with van der Waals surface area (Å²) in [7, 11) is -3.53. The van der Waals surface area contributed by atoms with Gasteiger partial charge in [-0.15, -0.1) is 11.6 Å². The summed E-state index contributed by atoms with van der Waals surface area (Å²) < 4.78 is 27.7. The predicted octanol–water partition coefficient (Wildman–Crippen LogP) is 0.431. The van der Waals surface area contributed by atoms with Crippen LogP contribution >= 0.6 is 11.6 Å². The molecule has 7 nitrogen and oxygen atoms in total. The first-order valence-electron chi connectivity index (χ1n) is 5.77. The van der Waals surface area contributed by atoms with E-state index in [4.69, 9.17) is 11.6 Å². The molecule has 0 aliphatic heterocycles. The van der Waals surface area contributed by atoms with E-state index in [0.29, 0.717) is 5.69 Å². The third-order valence-electron chi connectivity index (χ3n) is 2.49. The number of aromatic nitrogens is 2. The molecule has 9 heteroatoms. The SMILES string of the molecule is O=C(CCl)NCCS(=O)(=O)Nc1ccn2nccc2c1. The van der Waals surface area contributed by atoms with Crippen LogP contribution in [0.15, 0.2) is 30.6 Å². The van der Waals surface area contributed by atoms with Gasteiger partial charge in [-0.1, -0.05) is 0 Å². The minimum atomic E-state index is -3.53. The van der Waals surface area contributed by atoms with Crippen molar-refractivity contribution in [1.29, 1.82) is 0 Å². The number of halogens is 1. The van der Waals surface area contributed by atoms with Gasteiger partial charge in [0.1, 0.15) is 5.88 Å². The summed E-state index contributed by atoms with van der Waals surface area (Å²) in [5.74, 6) is -0.812. The molecule has 2 rings (SSSR count). The number of nitrogens with zero attached hydrogens (tertiary/aromatic N) is 2. The molecule has 0 aromatic carbocycles. The summed E-state index contributed by atoms with van der Waals surface area (Å²) >= 11 is 5.29. The standard InChI is InChI=1S/C11H13ClN4O3S/c12-8-11(17)13-4-6-20(18,19)15-9-2-5-16-10(7-9)1-3-14-16/h1-3,5,7,15H,4,6,8H2,(H,13,17). The number of alkyl halides is 1. The summed E-state index contributed by atoms with van der Waals surface area (Å²) in [6.45, 7) is 0.00974. The zero-order chi connectivity index (χ0) is 14.6. The van der Waals surface area contributed by atoms with Crippen molar-refractivity contribution in [3.8, 4) is 0 Å². The number of rotatable bonds is 6. The molecular formula is C11H13ClN4O3S. The molecule has 0 fully saturated rings. The predicted molar refractivity (Wildman–Crippen MR) is 76.3 cm³/mol. The highest BCUT2D eigenvalue weighted by Gasteiger charge is 2.11. The van der Waals surface area contributed by atoms with Crippen LogP contribution < -0.4 is 10.0 Å². The van der Waals surface area contributed by atoms with Crippen molar-refractivity contribution in [2.24, 2.45) is 0 Å². The van der Waals surface area contributed by atoms with E-state index < -0.39 is 15.9 Å². The number of amides is 1. The molecule has 0 radical (unpaired) electrons. The van der Waals surface area contributed by atoms with Gasteiger partial charge in [-0.3, -0.25) is 9.52 Å². The van der Waals surface area contributed by atoms with E-state index in [1.54, 1.807) is 35.1 Å². The summed E-state index contributed by atoms with van der Waals surface area (Å²) in [6.07, 6.45) is 3.28. The van der Waals surface area contributed by atoms with E-state index in [2.05, 4.69) is 15.1 Å². The van der Waals surface area contributed by atoms with Crippen LogP contribution in [0.2, 0.25) is 0 Å². The van der Waals surface area contributed by atoms with Crippen LogP contribution in [0.25, 0.3) is 5.52 Å². The van der Waals surface area contributed by atoms with Crippen molar-refractivity contribution in [2.45, 2.75) is 0 Å². The van der Waals surface area contributed by atoms with Crippen molar-refractivity contribution >= 4 is 38.7 Å². The highest BCUT2D eigenvalue weighted by atomic mass is 35.5. The Morgan fingerprint density at radius 2 is 2.20 bits per heavy atom. The van der Waals surface area contributed by atoms with Crippen molar-refractivity contribution in [3.63, 3.8) is 0 Å². The second-order valence-electron chi connectivity index (χ2n) is 4.02. The van der Waals surface area contributed by atoms with Crippen molar-refractivity contribution in [2.75, 3.05) is 22.9 Å². The first kappa shape index (κ1) is 14.6. The second kappa shape index (κ2) is 6.10. The van der Waals surface area contributed by atoms with E-state index in [0.717, 1.165) is 5.52 Å². The van der Waals surface area contributed by atoms with E-state index in [1.165, 1.54) is 0 Å². The monoisotopic (exact) mass is 316 g/mol. The molecule has 0 atom stereocenters. The van der Waals surface area contributed by atoms with E-state index >= 15 is 0 Å². The van der Waals surface area contributed by atoms with Gasteiger partial charge in [0.15, 0.2) is 0 Å². The number of pyridine rings is 1. The van der Waals surface area contributed by atoms with Crippen LogP contribution in [0.4, 0.5) is 5.69 Å². The van der Waals surface area contributed by atoms with Gasteiger partial charge < -0.3 is 5.32 Å². The maximum absolute atomic E-state index is 11.8. The quantitative estimate of drug-likeness (QED) is 0.756. The number of hydrogen-bond acceptors (Lipinski definition) is 4. The maximum atomic E-state index is 11.8. The Hall–Kier alpha value is -1.80. The molecule has 2 heterocycles. The lowest BCUT2D eigenvalue weighted by Crippen LogP contribution is -2.31.